The molecule has 1 amide bonds. The molecule has 1 atom stereocenters. The van der Waals surface area contributed by atoms with E-state index in [1.807, 2.05) is 13.1 Å². The van der Waals surface area contributed by atoms with E-state index in [0.717, 1.165) is 62.6 Å². The van der Waals surface area contributed by atoms with Gasteiger partial charge in [0.05, 0.1) is 34.3 Å². The molecule has 63 heavy (non-hydrogen) atoms. The van der Waals surface area contributed by atoms with Gasteiger partial charge in [0, 0.05) is 87.2 Å². The molecule has 4 aromatic rings. The number of morpholine rings is 1. The van der Waals surface area contributed by atoms with E-state index in [2.05, 4.69) is 48.6 Å². The number of hydrogen-bond donors (Lipinski definition) is 3. The lowest BCUT2D eigenvalue weighted by Crippen LogP contribution is -2.66. The topological polar surface area (TPSA) is 175 Å². The highest BCUT2D eigenvalue weighted by Crippen LogP contribution is 2.79. The van der Waals surface area contributed by atoms with Crippen molar-refractivity contribution < 1.29 is 36.4 Å². The molecule has 3 saturated carbocycles. The van der Waals surface area contributed by atoms with E-state index in [1.165, 1.54) is 35.5 Å². The van der Waals surface area contributed by atoms with Gasteiger partial charge >= 0.3 is 0 Å². The number of aromatic nitrogens is 2. The number of sulfonamides is 1. The Balaban J connectivity index is 0.915. The minimum Gasteiger partial charge on any atom is -0.455 e. The number of fused-ring (bicyclic) bond motifs is 1. The number of aromatic amines is 1. The van der Waals surface area contributed by atoms with E-state index in [4.69, 9.17) is 9.47 Å². The van der Waals surface area contributed by atoms with Crippen LogP contribution in [0.25, 0.3) is 11.0 Å². The summed E-state index contributed by atoms with van der Waals surface area (Å²) in [7, 11) is -2.64. The number of nitrogens with one attached hydrogen (secondary N) is 3. The van der Waals surface area contributed by atoms with Crippen LogP contribution in [0, 0.1) is 26.4 Å². The van der Waals surface area contributed by atoms with E-state index in [1.54, 1.807) is 24.4 Å². The first-order valence-corrected chi connectivity index (χ1v) is 23.1. The standard InChI is InChI=1S/C45H54F2N8O7S/c1-43(2)10-8-30(36(21-43)44-26-45(27-44,28-44)42(46)47)24-53-12-14-54(15-13-53)31-4-6-35(39(19-31)62-32-18-29-9-11-48-40(29)50-22-32)41(56)51-63(59,60)34-5-7-37(38(20-34)55(57)58)49-23-33-25-52(3)16-17-61-33/h4-7,9,11,18-20,22,33,42,49H,8,10,12-17,21,23-28H2,1-3H3,(H,48,50)(H,51,56)/t33-,44?,45?/m1/s1. The number of carbonyl (C=O) groups is 1. The Morgan fingerprint density at radius 3 is 2.59 bits per heavy atom. The zero-order valence-corrected chi connectivity index (χ0v) is 36.6. The average molecular weight is 889 g/mol. The van der Waals surface area contributed by atoms with Crippen molar-refractivity contribution in [2.75, 3.05) is 76.2 Å². The number of H-pyrrole nitrogens is 1. The number of pyridine rings is 1. The van der Waals surface area contributed by atoms with Gasteiger partial charge in [0.25, 0.3) is 21.6 Å². The van der Waals surface area contributed by atoms with E-state index in [0.29, 0.717) is 56.9 Å². The molecule has 4 aliphatic carbocycles. The van der Waals surface area contributed by atoms with Gasteiger partial charge in [-0.15, -0.1) is 0 Å². The second-order valence-electron chi connectivity index (χ2n) is 19.0. The Morgan fingerprint density at radius 1 is 1.08 bits per heavy atom. The lowest BCUT2D eigenvalue weighted by atomic mass is 9.32. The number of hydrogen-bond acceptors (Lipinski definition) is 12. The molecule has 3 N–H and O–H groups in total. The van der Waals surface area contributed by atoms with Crippen LogP contribution in [-0.2, 0) is 14.8 Å². The fraction of sp³-hybridized carbons (Fsp3) is 0.511. The maximum Gasteiger partial charge on any atom is 0.293 e. The van der Waals surface area contributed by atoms with E-state index >= 15 is 0 Å². The number of nitrogens with zero attached hydrogens (tertiary/aromatic N) is 5. The average Bonchev–Trinajstić information content (AvgIpc) is 3.68. The normalized spacial score (nSPS) is 25.1. The van der Waals surface area contributed by atoms with Crippen molar-refractivity contribution in [2.24, 2.45) is 16.2 Å². The van der Waals surface area contributed by atoms with Crippen LogP contribution in [0.2, 0.25) is 0 Å². The lowest BCUT2D eigenvalue weighted by molar-refractivity contribution is -0.384. The van der Waals surface area contributed by atoms with Crippen molar-refractivity contribution in [2.45, 2.75) is 69.8 Å². The Morgan fingerprint density at radius 2 is 1.86 bits per heavy atom. The van der Waals surface area contributed by atoms with Gasteiger partial charge in [-0.05, 0) is 92.8 Å². The lowest BCUT2D eigenvalue weighted by Gasteiger charge is -2.72. The summed E-state index contributed by atoms with van der Waals surface area (Å²) >= 11 is 0. The van der Waals surface area contributed by atoms with E-state index in [-0.39, 0.29) is 40.5 Å². The third-order valence-corrected chi connectivity index (χ3v) is 15.2. The number of alkyl halides is 2. The molecule has 4 heterocycles. The number of allylic oxidation sites excluding steroid dienone is 1. The highest BCUT2D eigenvalue weighted by atomic mass is 32.2. The molecule has 0 spiro atoms. The third kappa shape index (κ3) is 8.61. The number of rotatable bonds is 14. The number of anilines is 2. The summed E-state index contributed by atoms with van der Waals surface area (Å²) in [5.74, 6) is -0.559. The molecule has 18 heteroatoms. The Kier molecular flexibility index (Phi) is 11.2. The summed E-state index contributed by atoms with van der Waals surface area (Å²) in [6.45, 7) is 10.5. The quantitative estimate of drug-likeness (QED) is 0.0662. The predicted molar refractivity (Wildman–Crippen MR) is 234 cm³/mol. The summed E-state index contributed by atoms with van der Waals surface area (Å²) in [6, 6.07) is 12.0. The van der Waals surface area contributed by atoms with Crippen LogP contribution in [0.4, 0.5) is 25.8 Å². The minimum atomic E-state index is -4.59. The van der Waals surface area contributed by atoms with Crippen LogP contribution in [0.3, 0.4) is 0 Å². The molecule has 2 aromatic carbocycles. The van der Waals surface area contributed by atoms with Crippen molar-refractivity contribution in [1.82, 2.24) is 24.5 Å². The number of benzene rings is 2. The van der Waals surface area contributed by atoms with E-state index < -0.39 is 43.3 Å². The maximum atomic E-state index is 13.9. The number of ether oxygens (including phenoxy) is 2. The van der Waals surface area contributed by atoms with Crippen molar-refractivity contribution in [1.29, 1.82) is 0 Å². The van der Waals surface area contributed by atoms with Gasteiger partial charge in [-0.3, -0.25) is 19.8 Å². The van der Waals surface area contributed by atoms with Gasteiger partial charge in [0.2, 0.25) is 6.43 Å². The van der Waals surface area contributed by atoms with Crippen LogP contribution in [0.1, 0.15) is 62.7 Å². The second-order valence-corrected chi connectivity index (χ2v) is 20.7. The molecule has 5 fully saturated rings. The predicted octanol–water partition coefficient (Wildman–Crippen LogP) is 7.19. The molecule has 15 nitrogen and oxygen atoms in total. The highest BCUT2D eigenvalue weighted by molar-refractivity contribution is 7.90. The second kappa shape index (κ2) is 16.4. The van der Waals surface area contributed by atoms with Crippen LogP contribution in [0.5, 0.6) is 11.5 Å². The number of nitro groups is 1. The Hall–Kier alpha value is -5.17. The molecule has 6 aliphatic rings. The van der Waals surface area contributed by atoms with Gasteiger partial charge in [-0.2, -0.15) is 0 Å². The van der Waals surface area contributed by atoms with Crippen molar-refractivity contribution in [3.05, 3.63) is 87.7 Å². The van der Waals surface area contributed by atoms with Crippen LogP contribution >= 0.6 is 0 Å². The molecule has 2 bridgehead atoms. The maximum absolute atomic E-state index is 13.9. The zero-order valence-electron chi connectivity index (χ0n) is 35.8. The van der Waals surface area contributed by atoms with E-state index in [9.17, 15) is 32.1 Å². The van der Waals surface area contributed by atoms with Gasteiger partial charge in [0.15, 0.2) is 0 Å². The van der Waals surface area contributed by atoms with Gasteiger partial charge in [-0.1, -0.05) is 25.0 Å². The number of halogens is 2. The van der Waals surface area contributed by atoms with Crippen LogP contribution < -0.4 is 19.7 Å². The summed E-state index contributed by atoms with van der Waals surface area (Å²) in [4.78, 5) is 39.1. The number of carbonyl (C=O) groups excluding carboxylic acids is 1. The largest absolute Gasteiger partial charge is 0.455 e. The molecular weight excluding hydrogens is 835 g/mol. The summed E-state index contributed by atoms with van der Waals surface area (Å²) < 4.78 is 69.1. The number of likely N-dealkylation sites (N-methyl/N-ethyl adjacent to an activating group) is 1. The first-order valence-electron chi connectivity index (χ1n) is 21.6. The van der Waals surface area contributed by atoms with Crippen LogP contribution in [-0.4, -0.2) is 118 Å². The molecule has 336 valence electrons. The first kappa shape index (κ1) is 43.1. The Labute approximate surface area is 365 Å². The van der Waals surface area contributed by atoms with Crippen LogP contribution in [0.15, 0.2) is 77.0 Å². The number of amides is 1. The third-order valence-electron chi connectivity index (χ3n) is 13.9. The number of piperazine rings is 1. The monoisotopic (exact) mass is 888 g/mol. The van der Waals surface area contributed by atoms with Crippen molar-refractivity contribution in [3.63, 3.8) is 0 Å². The fourth-order valence-corrected chi connectivity index (χ4v) is 11.4. The molecule has 0 unspecified atom stereocenters. The smallest absolute Gasteiger partial charge is 0.293 e. The molecule has 10 rings (SSSR count). The molecular formula is C45H54F2N8O7S. The highest BCUT2D eigenvalue weighted by Gasteiger charge is 2.73. The summed E-state index contributed by atoms with van der Waals surface area (Å²) in [5.41, 5.74) is 3.23. The summed E-state index contributed by atoms with van der Waals surface area (Å²) in [6.07, 6.45) is 5.67. The summed E-state index contributed by atoms with van der Waals surface area (Å²) in [5, 5.41) is 15.9. The molecule has 2 aliphatic heterocycles. The van der Waals surface area contributed by atoms with Gasteiger partial charge in [-0.25, -0.2) is 26.9 Å². The zero-order chi connectivity index (χ0) is 44.3. The molecule has 2 aromatic heterocycles. The first-order chi connectivity index (χ1) is 30.0. The minimum absolute atomic E-state index is 0.0435. The van der Waals surface area contributed by atoms with Gasteiger partial charge in [0.1, 0.15) is 22.8 Å². The SMILES string of the molecule is CN1CCO[C@H](CNc2ccc(S(=O)(=O)NC(=O)c3ccc(N4CCN(CC5=C(C67CC(C(F)F)(C6)C7)CC(C)(C)CC5)CC4)cc3Oc3cnc4[nH]ccc4c3)cc2[N+](=O)[O-])C1. The van der Waals surface area contributed by atoms with Crippen molar-refractivity contribution >= 4 is 44.0 Å². The molecule has 0 radical (unpaired) electrons. The van der Waals surface area contributed by atoms with Crippen molar-refractivity contribution in [3.8, 4) is 11.5 Å². The molecule has 2 saturated heterocycles. The van der Waals surface area contributed by atoms with Gasteiger partial charge < -0.3 is 29.6 Å². The number of nitro benzene ring substituents is 1. The Bertz CT molecular complexity index is 2550. The fourth-order valence-electron chi connectivity index (χ4n) is 10.4.